The summed E-state index contributed by atoms with van der Waals surface area (Å²) in [6.07, 6.45) is 2.16. The van der Waals surface area contributed by atoms with Gasteiger partial charge in [0.15, 0.2) is 0 Å². The summed E-state index contributed by atoms with van der Waals surface area (Å²) < 4.78 is 0. The zero-order valence-electron chi connectivity index (χ0n) is 7.44. The van der Waals surface area contributed by atoms with Crippen molar-refractivity contribution in [3.05, 3.63) is 0 Å². The molecule has 2 heteroatoms. The summed E-state index contributed by atoms with van der Waals surface area (Å²) in [5.74, 6) is 0. The van der Waals surface area contributed by atoms with E-state index in [0.29, 0.717) is 6.04 Å². The minimum absolute atomic E-state index is 0.501. The van der Waals surface area contributed by atoms with E-state index in [-0.39, 0.29) is 0 Å². The molecule has 1 unspecified atom stereocenters. The number of hydrogen-bond acceptors (Lipinski definition) is 2. The van der Waals surface area contributed by atoms with Crippen LogP contribution < -0.4 is 5.43 Å². The molecule has 0 aromatic heterocycles. The Bertz CT molecular complexity index is 108. The molecule has 1 N–H and O–H groups in total. The molecular formula is C8H18N2. The van der Waals surface area contributed by atoms with Crippen molar-refractivity contribution in [2.45, 2.75) is 46.6 Å². The predicted octanol–water partition coefficient (Wildman–Crippen LogP) is 2.16. The van der Waals surface area contributed by atoms with Gasteiger partial charge in [-0.05, 0) is 26.7 Å². The van der Waals surface area contributed by atoms with Crippen molar-refractivity contribution in [3.63, 3.8) is 0 Å². The van der Waals surface area contributed by atoms with Gasteiger partial charge in [0, 0.05) is 11.8 Å². The van der Waals surface area contributed by atoms with Crippen LogP contribution in [0.2, 0.25) is 0 Å². The lowest BCUT2D eigenvalue weighted by atomic mass is 10.3. The molecule has 0 amide bonds. The molecule has 0 fully saturated rings. The largest absolute Gasteiger partial charge is 0.307 e. The predicted molar refractivity (Wildman–Crippen MR) is 46.3 cm³/mol. The third-order valence-corrected chi connectivity index (χ3v) is 1.60. The molecule has 0 saturated heterocycles. The van der Waals surface area contributed by atoms with Gasteiger partial charge in [0.1, 0.15) is 0 Å². The average Bonchev–Trinajstić information content (AvgIpc) is 1.99. The Balaban J connectivity index is 3.50. The summed E-state index contributed by atoms with van der Waals surface area (Å²) in [5, 5.41) is 4.18. The molecule has 0 heterocycles. The highest BCUT2D eigenvalue weighted by molar-refractivity contribution is 5.81. The first-order valence-electron chi connectivity index (χ1n) is 3.99. The van der Waals surface area contributed by atoms with Crippen LogP contribution in [0.15, 0.2) is 5.10 Å². The van der Waals surface area contributed by atoms with Crippen LogP contribution in [0.1, 0.15) is 40.5 Å². The van der Waals surface area contributed by atoms with Gasteiger partial charge in [-0.2, -0.15) is 5.10 Å². The van der Waals surface area contributed by atoms with Gasteiger partial charge in [-0.15, -0.1) is 0 Å². The third-order valence-electron chi connectivity index (χ3n) is 1.60. The Hall–Kier alpha value is -0.530. The average molecular weight is 142 g/mol. The molecule has 0 rings (SSSR count). The van der Waals surface area contributed by atoms with E-state index in [2.05, 4.69) is 31.3 Å². The van der Waals surface area contributed by atoms with E-state index in [9.17, 15) is 0 Å². The van der Waals surface area contributed by atoms with E-state index in [1.54, 1.807) is 0 Å². The molecule has 0 aliphatic heterocycles. The number of nitrogens with one attached hydrogen (secondary N) is 1. The number of rotatable bonds is 4. The number of hydrazone groups is 1. The highest BCUT2D eigenvalue weighted by Crippen LogP contribution is 1.88. The summed E-state index contributed by atoms with van der Waals surface area (Å²) in [7, 11) is 0. The molecule has 2 nitrogen and oxygen atoms in total. The van der Waals surface area contributed by atoms with E-state index >= 15 is 0 Å². The van der Waals surface area contributed by atoms with Gasteiger partial charge in [-0.1, -0.05) is 13.8 Å². The van der Waals surface area contributed by atoms with Crippen LogP contribution >= 0.6 is 0 Å². The van der Waals surface area contributed by atoms with Crippen LogP contribution in [0.4, 0.5) is 0 Å². The molecule has 0 spiro atoms. The van der Waals surface area contributed by atoms with Crippen LogP contribution in [0, 0.1) is 0 Å². The molecule has 0 bridgehead atoms. The van der Waals surface area contributed by atoms with E-state index in [4.69, 9.17) is 0 Å². The number of hydrogen-bond donors (Lipinski definition) is 1. The van der Waals surface area contributed by atoms with Gasteiger partial charge >= 0.3 is 0 Å². The Morgan fingerprint density at radius 2 is 2.10 bits per heavy atom. The maximum Gasteiger partial charge on any atom is 0.0409 e. The van der Waals surface area contributed by atoms with Crippen LogP contribution in [-0.4, -0.2) is 11.8 Å². The van der Waals surface area contributed by atoms with Crippen LogP contribution in [0.5, 0.6) is 0 Å². The first kappa shape index (κ1) is 9.47. The smallest absolute Gasteiger partial charge is 0.0409 e. The molecule has 0 aliphatic carbocycles. The lowest BCUT2D eigenvalue weighted by molar-refractivity contribution is 0.556. The van der Waals surface area contributed by atoms with E-state index in [0.717, 1.165) is 12.8 Å². The molecule has 10 heavy (non-hydrogen) atoms. The first-order chi connectivity index (χ1) is 4.70. The summed E-state index contributed by atoms with van der Waals surface area (Å²) in [6, 6.07) is 0.501. The third kappa shape index (κ3) is 4.36. The molecule has 60 valence electrons. The lowest BCUT2D eigenvalue weighted by Crippen LogP contribution is -2.20. The number of nitrogens with zero attached hydrogens (tertiary/aromatic N) is 1. The second-order valence-corrected chi connectivity index (χ2v) is 2.64. The van der Waals surface area contributed by atoms with Gasteiger partial charge < -0.3 is 5.43 Å². The van der Waals surface area contributed by atoms with Crippen molar-refractivity contribution in [1.82, 2.24) is 5.43 Å². The molecule has 0 saturated carbocycles. The van der Waals surface area contributed by atoms with Crippen LogP contribution in [0.3, 0.4) is 0 Å². The molecule has 0 aromatic rings. The second kappa shape index (κ2) is 5.27. The molecule has 0 aromatic carbocycles. The van der Waals surface area contributed by atoms with Crippen molar-refractivity contribution in [1.29, 1.82) is 0 Å². The van der Waals surface area contributed by atoms with Crippen molar-refractivity contribution in [2.24, 2.45) is 5.10 Å². The minimum atomic E-state index is 0.501. The minimum Gasteiger partial charge on any atom is -0.307 e. The van der Waals surface area contributed by atoms with Gasteiger partial charge in [0.05, 0.1) is 0 Å². The maximum absolute atomic E-state index is 4.18. The van der Waals surface area contributed by atoms with Crippen LogP contribution in [-0.2, 0) is 0 Å². The van der Waals surface area contributed by atoms with Crippen molar-refractivity contribution in [3.8, 4) is 0 Å². The van der Waals surface area contributed by atoms with E-state index < -0.39 is 0 Å². The first-order valence-corrected chi connectivity index (χ1v) is 3.99. The van der Waals surface area contributed by atoms with Crippen molar-refractivity contribution < 1.29 is 0 Å². The topological polar surface area (TPSA) is 24.4 Å². The Kier molecular flexibility index (Phi) is 4.99. The summed E-state index contributed by atoms with van der Waals surface area (Å²) in [5.41, 5.74) is 4.24. The highest BCUT2D eigenvalue weighted by Gasteiger charge is 1.92. The fourth-order valence-electron chi connectivity index (χ4n) is 0.391. The zero-order chi connectivity index (χ0) is 7.98. The Morgan fingerprint density at radius 3 is 2.50 bits per heavy atom. The van der Waals surface area contributed by atoms with Gasteiger partial charge in [-0.3, -0.25) is 0 Å². The van der Waals surface area contributed by atoms with Gasteiger partial charge in [0.2, 0.25) is 0 Å². The molecule has 0 radical (unpaired) electrons. The maximum atomic E-state index is 4.18. The Labute approximate surface area is 63.7 Å². The van der Waals surface area contributed by atoms with Gasteiger partial charge in [0.25, 0.3) is 0 Å². The normalized spacial score (nSPS) is 15.0. The lowest BCUT2D eigenvalue weighted by Gasteiger charge is -2.07. The quantitative estimate of drug-likeness (QED) is 0.472. The Morgan fingerprint density at radius 1 is 1.50 bits per heavy atom. The fourth-order valence-corrected chi connectivity index (χ4v) is 0.391. The summed E-state index contributed by atoms with van der Waals surface area (Å²) in [6.45, 7) is 8.42. The fraction of sp³-hybridized carbons (Fsp3) is 0.875. The second-order valence-electron chi connectivity index (χ2n) is 2.64. The standard InChI is InChI=1S/C8H18N2/c1-5-7(3)9-10-8(4)6-2/h7,9H,5-6H2,1-4H3/b10-8-. The molecule has 1 atom stereocenters. The molecular weight excluding hydrogens is 124 g/mol. The summed E-state index contributed by atoms with van der Waals surface area (Å²) in [4.78, 5) is 0. The van der Waals surface area contributed by atoms with Gasteiger partial charge in [-0.25, -0.2) is 0 Å². The van der Waals surface area contributed by atoms with Crippen LogP contribution in [0.25, 0.3) is 0 Å². The van der Waals surface area contributed by atoms with E-state index in [1.807, 2.05) is 6.92 Å². The monoisotopic (exact) mass is 142 g/mol. The zero-order valence-corrected chi connectivity index (χ0v) is 7.44. The van der Waals surface area contributed by atoms with Crippen molar-refractivity contribution in [2.75, 3.05) is 0 Å². The van der Waals surface area contributed by atoms with E-state index in [1.165, 1.54) is 5.71 Å². The summed E-state index contributed by atoms with van der Waals surface area (Å²) >= 11 is 0. The van der Waals surface area contributed by atoms with Crippen molar-refractivity contribution >= 4 is 5.71 Å². The SMILES string of the molecule is CC/C(C)=N\NC(C)CC. The highest BCUT2D eigenvalue weighted by atomic mass is 15.3. The molecule has 0 aliphatic rings.